The fourth-order valence-corrected chi connectivity index (χ4v) is 4.98. The summed E-state index contributed by atoms with van der Waals surface area (Å²) in [4.78, 5) is 29.2. The predicted octanol–water partition coefficient (Wildman–Crippen LogP) is 3.72. The minimum atomic E-state index is -0.190. The van der Waals surface area contributed by atoms with Crippen molar-refractivity contribution < 1.29 is 14.1 Å². The Kier molecular flexibility index (Phi) is 6.75. The molecule has 0 bridgehead atoms. The molecule has 0 radical (unpaired) electrons. The summed E-state index contributed by atoms with van der Waals surface area (Å²) in [6.07, 6.45) is 3.72. The van der Waals surface area contributed by atoms with Crippen LogP contribution in [0.15, 0.2) is 59.1 Å². The molecule has 5 rings (SSSR count). The number of piperazine rings is 1. The van der Waals surface area contributed by atoms with E-state index in [0.29, 0.717) is 22.7 Å². The van der Waals surface area contributed by atoms with Crippen LogP contribution in [0.2, 0.25) is 0 Å². The fourth-order valence-electron chi connectivity index (χ4n) is 4.98. The number of nitrogens with one attached hydrogen (secondary N) is 2. The number of hydrogen-bond acceptors (Lipinski definition) is 7. The standard InChI is InChI=1S/C28H28N6O3/c1-18-23(19(2)37-32-18)16-28(36)30-21-7-8-25(20(15-21)17-29)33-11-13-34(14-12-33)26-9-10-27(35)31-24-6-4-3-5-22(24)26/h3-10,15,26H,11-14,16H2,1-2H3,(H,30,36)(H,31,35). The normalized spacial score (nSPS) is 17.5. The number of carbonyl (C=O) groups excluding carboxylic acids is 2. The lowest BCUT2D eigenvalue weighted by Gasteiger charge is -2.40. The van der Waals surface area contributed by atoms with Gasteiger partial charge in [0.1, 0.15) is 11.8 Å². The number of aryl methyl sites for hydroxylation is 2. The van der Waals surface area contributed by atoms with Crippen molar-refractivity contribution in [3.63, 3.8) is 0 Å². The van der Waals surface area contributed by atoms with E-state index in [2.05, 4.69) is 37.7 Å². The van der Waals surface area contributed by atoms with E-state index in [1.165, 1.54) is 0 Å². The quantitative estimate of drug-likeness (QED) is 0.553. The van der Waals surface area contributed by atoms with Gasteiger partial charge in [0.05, 0.1) is 29.4 Å². The molecule has 3 heterocycles. The molecular formula is C28H28N6O3. The zero-order valence-electron chi connectivity index (χ0n) is 20.8. The molecule has 0 aliphatic carbocycles. The van der Waals surface area contributed by atoms with Gasteiger partial charge in [0.25, 0.3) is 0 Å². The van der Waals surface area contributed by atoms with E-state index >= 15 is 0 Å². The smallest absolute Gasteiger partial charge is 0.248 e. The van der Waals surface area contributed by atoms with Gasteiger partial charge in [-0.15, -0.1) is 0 Å². The molecular weight excluding hydrogens is 468 g/mol. The maximum Gasteiger partial charge on any atom is 0.248 e. The van der Waals surface area contributed by atoms with Crippen LogP contribution in [0.5, 0.6) is 0 Å². The van der Waals surface area contributed by atoms with Crippen molar-refractivity contribution in [1.82, 2.24) is 10.1 Å². The lowest BCUT2D eigenvalue weighted by atomic mass is 10.0. The van der Waals surface area contributed by atoms with E-state index in [1.807, 2.05) is 43.3 Å². The average Bonchev–Trinajstić information content (AvgIpc) is 3.11. The molecule has 2 amide bonds. The third kappa shape index (κ3) is 5.10. The van der Waals surface area contributed by atoms with Crippen molar-refractivity contribution in [2.75, 3.05) is 41.7 Å². The minimum Gasteiger partial charge on any atom is -0.368 e. The first-order chi connectivity index (χ1) is 17.9. The number of hydrogen-bond donors (Lipinski definition) is 2. The van der Waals surface area contributed by atoms with Crippen LogP contribution in [0.1, 0.15) is 34.2 Å². The van der Waals surface area contributed by atoms with Gasteiger partial charge >= 0.3 is 0 Å². The molecule has 9 heteroatoms. The number of nitrogens with zero attached hydrogens (tertiary/aromatic N) is 4. The van der Waals surface area contributed by atoms with Crippen molar-refractivity contribution >= 4 is 28.9 Å². The number of fused-ring (bicyclic) bond motifs is 1. The van der Waals surface area contributed by atoms with Crippen LogP contribution in [-0.4, -0.2) is 48.0 Å². The molecule has 1 fully saturated rings. The average molecular weight is 497 g/mol. The Balaban J connectivity index is 1.26. The van der Waals surface area contributed by atoms with Gasteiger partial charge in [-0.2, -0.15) is 5.26 Å². The number of benzene rings is 2. The molecule has 1 atom stereocenters. The molecule has 0 saturated carbocycles. The van der Waals surface area contributed by atoms with Crippen molar-refractivity contribution in [3.8, 4) is 6.07 Å². The van der Waals surface area contributed by atoms with Gasteiger partial charge in [-0.05, 0) is 43.7 Å². The van der Waals surface area contributed by atoms with Gasteiger partial charge < -0.3 is 20.1 Å². The highest BCUT2D eigenvalue weighted by Gasteiger charge is 2.28. The van der Waals surface area contributed by atoms with Crippen molar-refractivity contribution in [3.05, 3.63) is 82.8 Å². The summed E-state index contributed by atoms with van der Waals surface area (Å²) in [5.74, 6) is 0.320. The lowest BCUT2D eigenvalue weighted by Crippen LogP contribution is -2.47. The minimum absolute atomic E-state index is 0.00280. The Bertz CT molecular complexity index is 1390. The monoisotopic (exact) mass is 496 g/mol. The van der Waals surface area contributed by atoms with Gasteiger partial charge in [-0.3, -0.25) is 14.5 Å². The maximum absolute atomic E-state index is 12.6. The molecule has 9 nitrogen and oxygen atoms in total. The SMILES string of the molecule is Cc1noc(C)c1CC(=O)Nc1ccc(N2CCN(C3C=CC(=O)Nc4ccccc43)CC2)c(C#N)c1. The second-order valence-electron chi connectivity index (χ2n) is 9.27. The zero-order chi connectivity index (χ0) is 25.9. The topological polar surface area (TPSA) is 114 Å². The number of amides is 2. The molecule has 2 aliphatic rings. The van der Waals surface area contributed by atoms with Crippen LogP contribution in [0.25, 0.3) is 0 Å². The summed E-state index contributed by atoms with van der Waals surface area (Å²) >= 11 is 0. The van der Waals surface area contributed by atoms with Crippen LogP contribution in [0, 0.1) is 25.2 Å². The van der Waals surface area contributed by atoms with E-state index in [0.717, 1.165) is 48.7 Å². The Labute approximate surface area is 215 Å². The molecule has 2 aromatic carbocycles. The van der Waals surface area contributed by atoms with Gasteiger partial charge in [0, 0.05) is 49.2 Å². The van der Waals surface area contributed by atoms with Gasteiger partial charge in [0.15, 0.2) is 0 Å². The van der Waals surface area contributed by atoms with E-state index in [4.69, 9.17) is 4.52 Å². The Morgan fingerprint density at radius 3 is 2.70 bits per heavy atom. The Morgan fingerprint density at radius 2 is 1.97 bits per heavy atom. The fraction of sp³-hybridized carbons (Fsp3) is 0.286. The summed E-state index contributed by atoms with van der Waals surface area (Å²) in [6, 6.07) is 15.6. The number of para-hydroxylation sites is 1. The number of rotatable bonds is 5. The highest BCUT2D eigenvalue weighted by molar-refractivity contribution is 6.00. The second-order valence-corrected chi connectivity index (χ2v) is 9.27. The summed E-state index contributed by atoms with van der Waals surface area (Å²) in [7, 11) is 0. The molecule has 1 unspecified atom stereocenters. The Hall–Kier alpha value is -4.42. The van der Waals surface area contributed by atoms with Gasteiger partial charge in [-0.1, -0.05) is 29.4 Å². The summed E-state index contributed by atoms with van der Waals surface area (Å²) in [5, 5.41) is 19.6. The molecule has 2 aliphatic heterocycles. The number of aromatic nitrogens is 1. The van der Waals surface area contributed by atoms with Crippen LogP contribution in [0.3, 0.4) is 0 Å². The summed E-state index contributed by atoms with van der Waals surface area (Å²) in [6.45, 7) is 6.62. The first-order valence-electron chi connectivity index (χ1n) is 12.3. The third-order valence-electron chi connectivity index (χ3n) is 6.93. The molecule has 37 heavy (non-hydrogen) atoms. The second kappa shape index (κ2) is 10.3. The molecule has 2 N–H and O–H groups in total. The highest BCUT2D eigenvalue weighted by atomic mass is 16.5. The summed E-state index contributed by atoms with van der Waals surface area (Å²) in [5.41, 5.74) is 5.33. The lowest BCUT2D eigenvalue weighted by molar-refractivity contribution is -0.115. The predicted molar refractivity (Wildman–Crippen MR) is 140 cm³/mol. The molecule has 1 aromatic heterocycles. The Morgan fingerprint density at radius 1 is 1.19 bits per heavy atom. The van der Waals surface area contributed by atoms with Crippen molar-refractivity contribution in [2.45, 2.75) is 26.3 Å². The number of anilines is 3. The van der Waals surface area contributed by atoms with Crippen molar-refractivity contribution in [1.29, 1.82) is 5.26 Å². The first kappa shape index (κ1) is 24.3. The maximum atomic E-state index is 12.6. The van der Waals surface area contributed by atoms with E-state index < -0.39 is 0 Å². The van der Waals surface area contributed by atoms with Gasteiger partial charge in [-0.25, -0.2) is 0 Å². The molecule has 3 aromatic rings. The van der Waals surface area contributed by atoms with Crippen LogP contribution < -0.4 is 15.5 Å². The zero-order valence-corrected chi connectivity index (χ0v) is 20.8. The van der Waals surface area contributed by atoms with Crippen LogP contribution in [0.4, 0.5) is 17.1 Å². The molecule has 0 spiro atoms. The van der Waals surface area contributed by atoms with Gasteiger partial charge in [0.2, 0.25) is 11.8 Å². The molecule has 188 valence electrons. The number of nitriles is 1. The summed E-state index contributed by atoms with van der Waals surface area (Å²) < 4.78 is 5.14. The van der Waals surface area contributed by atoms with E-state index in [-0.39, 0.29) is 24.3 Å². The van der Waals surface area contributed by atoms with E-state index in [9.17, 15) is 14.9 Å². The molecule has 1 saturated heterocycles. The number of carbonyl (C=O) groups is 2. The third-order valence-corrected chi connectivity index (χ3v) is 6.93. The van der Waals surface area contributed by atoms with Crippen LogP contribution in [-0.2, 0) is 16.0 Å². The van der Waals surface area contributed by atoms with Crippen molar-refractivity contribution in [2.24, 2.45) is 0 Å². The largest absolute Gasteiger partial charge is 0.368 e. The van der Waals surface area contributed by atoms with Crippen LogP contribution >= 0.6 is 0 Å². The first-order valence-corrected chi connectivity index (χ1v) is 12.3. The highest BCUT2D eigenvalue weighted by Crippen LogP contribution is 2.33. The van der Waals surface area contributed by atoms with E-state index in [1.54, 1.807) is 19.1 Å².